The summed E-state index contributed by atoms with van der Waals surface area (Å²) in [6, 6.07) is 7.15. The third-order valence-electron chi connectivity index (χ3n) is 4.73. The third kappa shape index (κ3) is 3.65. The van der Waals surface area contributed by atoms with Crippen LogP contribution in [0.25, 0.3) is 11.0 Å². The third-order valence-corrected chi connectivity index (χ3v) is 4.73. The molecule has 2 aromatic heterocycles. The predicted molar refractivity (Wildman–Crippen MR) is 107 cm³/mol. The fourth-order valence-electron chi connectivity index (χ4n) is 3.18. The van der Waals surface area contributed by atoms with Crippen LogP contribution in [0.5, 0.6) is 0 Å². The molecular weight excluding hydrogens is 358 g/mol. The first-order valence-electron chi connectivity index (χ1n) is 9.03. The van der Waals surface area contributed by atoms with Crippen molar-refractivity contribution in [2.75, 3.05) is 24.3 Å². The lowest BCUT2D eigenvalue weighted by Gasteiger charge is -2.22. The second-order valence-electron chi connectivity index (χ2n) is 6.64. The minimum Gasteiger partial charge on any atom is -0.398 e. The average Bonchev–Trinajstić information content (AvgIpc) is 3.16. The van der Waals surface area contributed by atoms with E-state index in [1.165, 1.54) is 12.5 Å². The number of nitrogens with one attached hydrogen (secondary N) is 4. The average molecular weight is 379 g/mol. The second kappa shape index (κ2) is 7.65. The lowest BCUT2D eigenvalue weighted by Crippen LogP contribution is -2.39. The van der Waals surface area contributed by atoms with Gasteiger partial charge in [-0.15, -0.1) is 0 Å². The molecular formula is C19H21N7O2. The van der Waals surface area contributed by atoms with Gasteiger partial charge in [0, 0.05) is 42.4 Å². The summed E-state index contributed by atoms with van der Waals surface area (Å²) in [5.74, 6) is 0.390. The van der Waals surface area contributed by atoms with E-state index >= 15 is 0 Å². The summed E-state index contributed by atoms with van der Waals surface area (Å²) in [4.78, 5) is 24.1. The highest BCUT2D eigenvalue weighted by atomic mass is 16.5. The number of H-pyrrole nitrogens is 1. The number of fused-ring (bicyclic) bond motifs is 1. The van der Waals surface area contributed by atoms with E-state index < -0.39 is 0 Å². The highest BCUT2D eigenvalue weighted by molar-refractivity contribution is 6.00. The van der Waals surface area contributed by atoms with Crippen LogP contribution in [0.4, 0.5) is 17.2 Å². The van der Waals surface area contributed by atoms with Crippen molar-refractivity contribution in [3.63, 3.8) is 0 Å². The van der Waals surface area contributed by atoms with Crippen LogP contribution in [0.1, 0.15) is 28.9 Å². The molecule has 28 heavy (non-hydrogen) atoms. The second-order valence-corrected chi connectivity index (χ2v) is 6.64. The summed E-state index contributed by atoms with van der Waals surface area (Å²) in [7, 11) is 0. The van der Waals surface area contributed by atoms with Crippen molar-refractivity contribution in [2.24, 2.45) is 0 Å². The maximum atomic E-state index is 12.6. The molecule has 1 amide bonds. The SMILES string of the molecule is N=Cc1cc(Nc2ncnc3[nH]c(C(=O)NC4CCOCC4)cc23)ccc1N. The van der Waals surface area contributed by atoms with Gasteiger partial charge in [0.1, 0.15) is 23.5 Å². The summed E-state index contributed by atoms with van der Waals surface area (Å²) in [6.07, 6.45) is 4.25. The number of aromatic nitrogens is 3. The fraction of sp³-hybridized carbons (Fsp3) is 0.263. The zero-order chi connectivity index (χ0) is 19.5. The smallest absolute Gasteiger partial charge is 0.267 e. The Hall–Kier alpha value is -3.46. The molecule has 0 aliphatic carbocycles. The summed E-state index contributed by atoms with van der Waals surface area (Å²) in [5.41, 5.74) is 8.71. The van der Waals surface area contributed by atoms with Gasteiger partial charge < -0.3 is 31.5 Å². The molecule has 0 bridgehead atoms. The van der Waals surface area contributed by atoms with Gasteiger partial charge >= 0.3 is 0 Å². The van der Waals surface area contributed by atoms with Crippen LogP contribution in [0.15, 0.2) is 30.6 Å². The lowest BCUT2D eigenvalue weighted by atomic mass is 10.1. The van der Waals surface area contributed by atoms with Crippen molar-refractivity contribution in [1.29, 1.82) is 5.41 Å². The van der Waals surface area contributed by atoms with E-state index in [2.05, 4.69) is 25.6 Å². The van der Waals surface area contributed by atoms with Gasteiger partial charge in [0.05, 0.1) is 5.39 Å². The molecule has 1 aliphatic heterocycles. The van der Waals surface area contributed by atoms with E-state index in [0.29, 0.717) is 47.0 Å². The monoisotopic (exact) mass is 379 g/mol. The first-order valence-corrected chi connectivity index (χ1v) is 9.03. The van der Waals surface area contributed by atoms with Crippen LogP contribution in [0.3, 0.4) is 0 Å². The first kappa shape index (κ1) is 17.9. The van der Waals surface area contributed by atoms with Crippen LogP contribution in [-0.2, 0) is 4.74 Å². The number of nitrogens with two attached hydrogens (primary N) is 1. The molecule has 0 atom stereocenters. The molecule has 1 aromatic carbocycles. The Bertz CT molecular complexity index is 1020. The minimum atomic E-state index is -0.172. The number of hydrogen-bond acceptors (Lipinski definition) is 7. The molecule has 6 N–H and O–H groups in total. The van der Waals surface area contributed by atoms with Crippen molar-refractivity contribution in [2.45, 2.75) is 18.9 Å². The zero-order valence-corrected chi connectivity index (χ0v) is 15.2. The molecule has 0 radical (unpaired) electrons. The topological polar surface area (TPSA) is 142 Å². The van der Waals surface area contributed by atoms with Crippen molar-refractivity contribution < 1.29 is 9.53 Å². The fourth-order valence-corrected chi connectivity index (χ4v) is 3.18. The maximum absolute atomic E-state index is 12.6. The molecule has 1 fully saturated rings. The van der Waals surface area contributed by atoms with Crippen LogP contribution in [-0.4, -0.2) is 46.3 Å². The Morgan fingerprint density at radius 3 is 2.89 bits per heavy atom. The van der Waals surface area contributed by atoms with E-state index in [1.807, 2.05) is 6.07 Å². The Labute approximate surface area is 161 Å². The number of anilines is 3. The molecule has 0 saturated carbocycles. The molecule has 0 spiro atoms. The number of amides is 1. The van der Waals surface area contributed by atoms with E-state index in [1.54, 1.807) is 18.2 Å². The van der Waals surface area contributed by atoms with Crippen molar-refractivity contribution in [3.8, 4) is 0 Å². The molecule has 9 heteroatoms. The van der Waals surface area contributed by atoms with Gasteiger partial charge in [-0.3, -0.25) is 4.79 Å². The number of rotatable bonds is 5. The Morgan fingerprint density at radius 2 is 2.11 bits per heavy atom. The van der Waals surface area contributed by atoms with Crippen LogP contribution in [0, 0.1) is 5.41 Å². The largest absolute Gasteiger partial charge is 0.398 e. The molecule has 3 aromatic rings. The first-order chi connectivity index (χ1) is 13.6. The summed E-state index contributed by atoms with van der Waals surface area (Å²) >= 11 is 0. The Balaban J connectivity index is 1.58. The van der Waals surface area contributed by atoms with Gasteiger partial charge in [-0.05, 0) is 37.1 Å². The summed E-state index contributed by atoms with van der Waals surface area (Å²) in [5, 5.41) is 14.4. The van der Waals surface area contributed by atoms with Crippen LogP contribution >= 0.6 is 0 Å². The van der Waals surface area contributed by atoms with Crippen LogP contribution < -0.4 is 16.4 Å². The number of benzene rings is 1. The van der Waals surface area contributed by atoms with Gasteiger partial charge in [-0.1, -0.05) is 0 Å². The number of carbonyl (C=O) groups is 1. The molecule has 144 valence electrons. The maximum Gasteiger partial charge on any atom is 0.267 e. The zero-order valence-electron chi connectivity index (χ0n) is 15.2. The number of nitrogen functional groups attached to an aromatic ring is 1. The van der Waals surface area contributed by atoms with Crippen molar-refractivity contribution in [3.05, 3.63) is 41.9 Å². The molecule has 4 rings (SSSR count). The lowest BCUT2D eigenvalue weighted by molar-refractivity contribution is 0.0694. The molecule has 0 unspecified atom stereocenters. The Kier molecular flexibility index (Phi) is 4.90. The van der Waals surface area contributed by atoms with Crippen molar-refractivity contribution in [1.82, 2.24) is 20.3 Å². The Morgan fingerprint density at radius 1 is 1.29 bits per heavy atom. The minimum absolute atomic E-state index is 0.116. The number of hydrogen-bond donors (Lipinski definition) is 5. The summed E-state index contributed by atoms with van der Waals surface area (Å²) in [6.45, 7) is 1.33. The van der Waals surface area contributed by atoms with Gasteiger partial charge in [0.15, 0.2) is 0 Å². The van der Waals surface area contributed by atoms with Gasteiger partial charge in [-0.2, -0.15) is 0 Å². The normalized spacial score (nSPS) is 14.7. The predicted octanol–water partition coefficient (Wildman–Crippen LogP) is 2.19. The number of nitrogens with zero attached hydrogens (tertiary/aromatic N) is 2. The number of ether oxygens (including phenoxy) is 1. The van der Waals surface area contributed by atoms with Gasteiger partial charge in [-0.25, -0.2) is 9.97 Å². The summed E-state index contributed by atoms with van der Waals surface area (Å²) < 4.78 is 5.32. The standard InChI is InChI=1S/C19H21N7O2/c20-9-11-7-13(1-2-15(11)21)24-17-14-8-16(26-18(14)23-10-22-17)19(27)25-12-3-5-28-6-4-12/h1-2,7-10,12,20H,3-6,21H2,(H,25,27)(H2,22,23,24,26). The van der Waals surface area contributed by atoms with Crippen LogP contribution in [0.2, 0.25) is 0 Å². The van der Waals surface area contributed by atoms with Gasteiger partial charge in [0.25, 0.3) is 5.91 Å². The molecule has 9 nitrogen and oxygen atoms in total. The highest BCUT2D eigenvalue weighted by Crippen LogP contribution is 2.25. The number of aromatic amines is 1. The van der Waals surface area contributed by atoms with E-state index in [9.17, 15) is 4.79 Å². The quantitative estimate of drug-likeness (QED) is 0.340. The van der Waals surface area contributed by atoms with E-state index in [-0.39, 0.29) is 11.9 Å². The molecule has 1 aliphatic rings. The van der Waals surface area contributed by atoms with Crippen molar-refractivity contribution >= 4 is 40.3 Å². The molecule has 1 saturated heterocycles. The number of carbonyl (C=O) groups excluding carboxylic acids is 1. The highest BCUT2D eigenvalue weighted by Gasteiger charge is 2.19. The van der Waals surface area contributed by atoms with E-state index in [0.717, 1.165) is 18.5 Å². The van der Waals surface area contributed by atoms with E-state index in [4.69, 9.17) is 15.9 Å². The molecule has 3 heterocycles. The van der Waals surface area contributed by atoms with Gasteiger partial charge in [0.2, 0.25) is 0 Å².